The summed E-state index contributed by atoms with van der Waals surface area (Å²) in [4.78, 5) is 15.2. The first kappa shape index (κ1) is 34.3. The lowest BCUT2D eigenvalue weighted by Crippen LogP contribution is -2.00. The topological polar surface area (TPSA) is 51.8 Å². The van der Waals surface area contributed by atoms with Crippen molar-refractivity contribution in [1.82, 2.24) is 15.0 Å². The molecule has 2 aromatic heterocycles. The molecule has 0 atom stereocenters. The van der Waals surface area contributed by atoms with Gasteiger partial charge in [-0.15, -0.1) is 0 Å². The van der Waals surface area contributed by atoms with Crippen LogP contribution in [-0.2, 0) is 0 Å². The number of fused-ring (bicyclic) bond motifs is 4. The van der Waals surface area contributed by atoms with Crippen molar-refractivity contribution in [2.75, 3.05) is 0 Å². The van der Waals surface area contributed by atoms with Crippen LogP contribution in [0.5, 0.6) is 0 Å². The molecule has 4 heteroatoms. The van der Waals surface area contributed by atoms with Crippen molar-refractivity contribution >= 4 is 32.7 Å². The van der Waals surface area contributed by atoms with E-state index in [1.807, 2.05) is 42.5 Å². The van der Waals surface area contributed by atoms with Crippen LogP contribution in [0, 0.1) is 0 Å². The summed E-state index contributed by atoms with van der Waals surface area (Å²) in [6.07, 6.45) is 0. The van der Waals surface area contributed by atoms with Crippen LogP contribution >= 0.6 is 0 Å². The Bertz CT molecular complexity index is 3320. The van der Waals surface area contributed by atoms with Gasteiger partial charge >= 0.3 is 0 Å². The highest BCUT2D eigenvalue weighted by Crippen LogP contribution is 2.39. The third kappa shape index (κ3) is 6.53. The second kappa shape index (κ2) is 14.5. The van der Waals surface area contributed by atoms with Gasteiger partial charge in [0.15, 0.2) is 17.5 Å². The molecular weight excluding hydrogens is 719 g/mol. The summed E-state index contributed by atoms with van der Waals surface area (Å²) in [7, 11) is 0. The monoisotopic (exact) mass is 753 g/mol. The minimum Gasteiger partial charge on any atom is -0.456 e. The third-order valence-electron chi connectivity index (χ3n) is 11.1. The van der Waals surface area contributed by atoms with E-state index in [0.717, 1.165) is 66.4 Å². The first-order valence-electron chi connectivity index (χ1n) is 19.8. The van der Waals surface area contributed by atoms with E-state index in [2.05, 4.69) is 170 Å². The molecule has 0 radical (unpaired) electrons. The van der Waals surface area contributed by atoms with Crippen LogP contribution in [0.15, 0.2) is 217 Å². The molecule has 0 aliphatic carbocycles. The molecular formula is C55H35N3O. The first-order valence-corrected chi connectivity index (χ1v) is 19.8. The zero-order valence-corrected chi connectivity index (χ0v) is 32.0. The number of aromatic nitrogens is 3. The molecule has 0 bridgehead atoms. The Morgan fingerprint density at radius 3 is 1.49 bits per heavy atom. The van der Waals surface area contributed by atoms with Gasteiger partial charge in [-0.05, 0) is 91.7 Å². The summed E-state index contributed by atoms with van der Waals surface area (Å²) in [6.45, 7) is 0. The molecule has 0 aliphatic rings. The van der Waals surface area contributed by atoms with Crippen LogP contribution in [0.3, 0.4) is 0 Å². The Labute approximate surface area is 341 Å². The van der Waals surface area contributed by atoms with Crippen molar-refractivity contribution in [1.29, 1.82) is 0 Å². The van der Waals surface area contributed by atoms with Crippen LogP contribution in [0.4, 0.5) is 0 Å². The number of benzene rings is 9. The van der Waals surface area contributed by atoms with Crippen LogP contribution in [0.2, 0.25) is 0 Å². The highest BCUT2D eigenvalue weighted by molar-refractivity contribution is 6.13. The summed E-state index contributed by atoms with van der Waals surface area (Å²) in [5.41, 5.74) is 13.6. The van der Waals surface area contributed by atoms with Crippen molar-refractivity contribution < 1.29 is 4.42 Å². The first-order chi connectivity index (χ1) is 29.2. The van der Waals surface area contributed by atoms with Gasteiger partial charge in [0.05, 0.1) is 0 Å². The summed E-state index contributed by atoms with van der Waals surface area (Å²) in [6, 6.07) is 74.2. The second-order valence-corrected chi connectivity index (χ2v) is 14.8. The molecule has 0 saturated heterocycles. The lowest BCUT2D eigenvalue weighted by atomic mass is 9.95. The second-order valence-electron chi connectivity index (χ2n) is 14.8. The number of hydrogen-bond acceptors (Lipinski definition) is 4. The van der Waals surface area contributed by atoms with Crippen molar-refractivity contribution in [2.24, 2.45) is 0 Å². The van der Waals surface area contributed by atoms with Crippen molar-refractivity contribution in [3.8, 4) is 78.7 Å². The highest BCUT2D eigenvalue weighted by Gasteiger charge is 2.17. The smallest absolute Gasteiger partial charge is 0.164 e. The Balaban J connectivity index is 0.976. The van der Waals surface area contributed by atoms with Crippen molar-refractivity contribution in [2.45, 2.75) is 0 Å². The Kier molecular flexibility index (Phi) is 8.45. The minimum atomic E-state index is 0.582. The predicted molar refractivity (Wildman–Crippen MR) is 243 cm³/mol. The van der Waals surface area contributed by atoms with E-state index in [4.69, 9.17) is 19.4 Å². The van der Waals surface area contributed by atoms with Crippen molar-refractivity contribution in [3.05, 3.63) is 212 Å². The fourth-order valence-corrected chi connectivity index (χ4v) is 8.11. The summed E-state index contributed by atoms with van der Waals surface area (Å²) < 4.78 is 6.60. The van der Waals surface area contributed by atoms with Crippen LogP contribution in [0.1, 0.15) is 0 Å². The molecule has 59 heavy (non-hydrogen) atoms. The maximum atomic E-state index is 6.60. The number of hydrogen-bond donors (Lipinski definition) is 0. The van der Waals surface area contributed by atoms with E-state index >= 15 is 0 Å². The summed E-state index contributed by atoms with van der Waals surface area (Å²) in [5.74, 6) is 1.81. The highest BCUT2D eigenvalue weighted by atomic mass is 16.3. The normalized spacial score (nSPS) is 11.4. The maximum Gasteiger partial charge on any atom is 0.164 e. The maximum absolute atomic E-state index is 6.60. The zero-order chi connectivity index (χ0) is 39.1. The zero-order valence-electron chi connectivity index (χ0n) is 32.0. The molecule has 11 aromatic rings. The fraction of sp³-hybridized carbons (Fsp3) is 0. The third-order valence-corrected chi connectivity index (χ3v) is 11.1. The molecule has 0 fully saturated rings. The lowest BCUT2D eigenvalue weighted by molar-refractivity contribution is 0.669. The largest absolute Gasteiger partial charge is 0.456 e. The minimum absolute atomic E-state index is 0.582. The summed E-state index contributed by atoms with van der Waals surface area (Å²) >= 11 is 0. The van der Waals surface area contributed by atoms with E-state index in [1.165, 1.54) is 27.5 Å². The number of furan rings is 1. The number of rotatable bonds is 7. The lowest BCUT2D eigenvalue weighted by Gasteiger charge is -2.10. The molecule has 0 aliphatic heterocycles. The number of nitrogens with zero attached hydrogens (tertiary/aromatic N) is 3. The van der Waals surface area contributed by atoms with Crippen LogP contribution in [-0.4, -0.2) is 15.0 Å². The fourth-order valence-electron chi connectivity index (χ4n) is 8.11. The predicted octanol–water partition coefficient (Wildman–Crippen LogP) is 14.6. The van der Waals surface area contributed by atoms with E-state index in [0.29, 0.717) is 17.5 Å². The van der Waals surface area contributed by atoms with Gasteiger partial charge in [0.25, 0.3) is 0 Å². The molecule has 0 saturated carbocycles. The van der Waals surface area contributed by atoms with Gasteiger partial charge in [-0.2, -0.15) is 0 Å². The van der Waals surface area contributed by atoms with Gasteiger partial charge in [-0.1, -0.05) is 176 Å². The molecule has 2 heterocycles. The molecule has 276 valence electrons. The Morgan fingerprint density at radius 2 is 0.746 bits per heavy atom. The standard InChI is InChI=1S/C55H35N3O/c1-3-12-36(13-4-1)38-24-26-39(27-25-38)42-18-9-20-45(33-42)48-22-11-23-50-52(48)49-31-30-47(35-51(49)59-50)55-57-53(40-15-5-2-6-16-40)56-54(58-55)46-21-10-19-43(34-46)44-29-28-37-14-7-8-17-41(37)32-44/h1-35H. The Hall–Kier alpha value is -7.95. The summed E-state index contributed by atoms with van der Waals surface area (Å²) in [5, 5.41) is 4.54. The van der Waals surface area contributed by atoms with Crippen LogP contribution in [0.25, 0.3) is 111 Å². The molecule has 11 rings (SSSR count). The van der Waals surface area contributed by atoms with E-state index in [1.54, 1.807) is 0 Å². The molecule has 0 amide bonds. The van der Waals surface area contributed by atoms with Crippen LogP contribution < -0.4 is 0 Å². The molecule has 4 nitrogen and oxygen atoms in total. The van der Waals surface area contributed by atoms with Gasteiger partial charge in [0, 0.05) is 27.5 Å². The molecule has 0 spiro atoms. The Morgan fingerprint density at radius 1 is 0.271 bits per heavy atom. The molecule has 0 unspecified atom stereocenters. The van der Waals surface area contributed by atoms with Gasteiger partial charge in [-0.25, -0.2) is 15.0 Å². The van der Waals surface area contributed by atoms with Gasteiger partial charge < -0.3 is 4.42 Å². The van der Waals surface area contributed by atoms with Gasteiger partial charge in [-0.3, -0.25) is 0 Å². The average Bonchev–Trinajstić information content (AvgIpc) is 3.70. The molecule has 0 N–H and O–H groups in total. The van der Waals surface area contributed by atoms with E-state index in [-0.39, 0.29) is 0 Å². The average molecular weight is 754 g/mol. The SMILES string of the molecule is c1ccc(-c2ccc(-c3cccc(-c4cccc5oc6cc(-c7nc(-c8ccccc8)nc(-c8cccc(-c9ccc%10ccccc%10c9)c8)n7)ccc6c45)c3)cc2)cc1. The van der Waals surface area contributed by atoms with Gasteiger partial charge in [0.1, 0.15) is 11.2 Å². The quantitative estimate of drug-likeness (QED) is 0.163. The van der Waals surface area contributed by atoms with Gasteiger partial charge in [0.2, 0.25) is 0 Å². The molecule has 9 aromatic carbocycles. The van der Waals surface area contributed by atoms with E-state index < -0.39 is 0 Å². The van der Waals surface area contributed by atoms with Crippen molar-refractivity contribution in [3.63, 3.8) is 0 Å². The van der Waals surface area contributed by atoms with E-state index in [9.17, 15) is 0 Å².